The van der Waals surface area contributed by atoms with Crippen molar-refractivity contribution in [3.8, 4) is 11.8 Å². The molecule has 1 N–H and O–H groups in total. The molecular weight excluding hydrogens is 379 g/mol. The summed E-state index contributed by atoms with van der Waals surface area (Å²) in [6, 6.07) is 8.62. The Hall–Kier alpha value is -1.93. The molecule has 1 fully saturated rings. The molecule has 0 bridgehead atoms. The van der Waals surface area contributed by atoms with Crippen LogP contribution in [0.1, 0.15) is 49.1 Å². The molecule has 0 radical (unpaired) electrons. The number of thiophene rings is 1. The molecule has 29 heavy (non-hydrogen) atoms. The maximum Gasteiger partial charge on any atom is 0.123 e. The molecule has 1 aliphatic heterocycles. The lowest BCUT2D eigenvalue weighted by Gasteiger charge is -2.36. The largest absolute Gasteiger partial charge is 0.314 e. The van der Waals surface area contributed by atoms with Crippen LogP contribution in [0.5, 0.6) is 0 Å². The van der Waals surface area contributed by atoms with E-state index in [9.17, 15) is 4.39 Å². The lowest BCUT2D eigenvalue weighted by molar-refractivity contribution is 0.249. The molecule has 2 aromatic rings. The van der Waals surface area contributed by atoms with Crippen molar-refractivity contribution in [2.45, 2.75) is 33.1 Å². The minimum Gasteiger partial charge on any atom is -0.314 e. The van der Waals surface area contributed by atoms with Crippen LogP contribution in [0.25, 0.3) is 5.57 Å². The second kappa shape index (κ2) is 8.83. The zero-order valence-electron chi connectivity index (χ0n) is 17.4. The van der Waals surface area contributed by atoms with Gasteiger partial charge >= 0.3 is 0 Å². The van der Waals surface area contributed by atoms with E-state index in [-0.39, 0.29) is 5.82 Å². The van der Waals surface area contributed by atoms with Gasteiger partial charge in [-0.05, 0) is 60.6 Å². The summed E-state index contributed by atoms with van der Waals surface area (Å²) in [5, 5.41) is 5.61. The van der Waals surface area contributed by atoms with E-state index in [1.54, 1.807) is 23.3 Å². The van der Waals surface area contributed by atoms with Gasteiger partial charge in [0.2, 0.25) is 0 Å². The Morgan fingerprint density at radius 2 is 1.83 bits per heavy atom. The summed E-state index contributed by atoms with van der Waals surface area (Å²) in [6.07, 6.45) is 3.60. The predicted octanol–water partition coefficient (Wildman–Crippen LogP) is 5.16. The van der Waals surface area contributed by atoms with E-state index < -0.39 is 0 Å². The summed E-state index contributed by atoms with van der Waals surface area (Å²) >= 11 is 1.81. The van der Waals surface area contributed by atoms with Gasteiger partial charge in [-0.2, -0.15) is 0 Å². The maximum absolute atomic E-state index is 13.1. The molecule has 0 amide bonds. The highest BCUT2D eigenvalue weighted by molar-refractivity contribution is 7.11. The number of rotatable bonds is 3. The van der Waals surface area contributed by atoms with Crippen molar-refractivity contribution in [2.24, 2.45) is 5.41 Å². The van der Waals surface area contributed by atoms with Crippen molar-refractivity contribution >= 4 is 16.9 Å². The van der Waals surface area contributed by atoms with Crippen LogP contribution in [-0.4, -0.2) is 37.6 Å². The Labute approximate surface area is 177 Å². The van der Waals surface area contributed by atoms with Crippen LogP contribution in [0.15, 0.2) is 41.3 Å². The molecule has 0 spiro atoms. The van der Waals surface area contributed by atoms with E-state index in [0.29, 0.717) is 5.41 Å². The zero-order valence-corrected chi connectivity index (χ0v) is 18.2. The lowest BCUT2D eigenvalue weighted by atomic mass is 9.73. The Morgan fingerprint density at radius 1 is 1.10 bits per heavy atom. The van der Waals surface area contributed by atoms with E-state index >= 15 is 0 Å². The van der Waals surface area contributed by atoms with Crippen LogP contribution in [0, 0.1) is 23.1 Å². The number of benzene rings is 1. The second-order valence-corrected chi connectivity index (χ2v) is 9.82. The van der Waals surface area contributed by atoms with Gasteiger partial charge in [-0.3, -0.25) is 4.90 Å². The van der Waals surface area contributed by atoms with Crippen molar-refractivity contribution in [3.05, 3.63) is 63.1 Å². The molecule has 4 heteroatoms. The average molecular weight is 409 g/mol. The SMILES string of the molecule is CC1(C)CCC(CN2CCNCC2)=C(c2cc(C#Cc3ccc(F)cc3)cs2)C1. The zero-order chi connectivity index (χ0) is 20.3. The lowest BCUT2D eigenvalue weighted by Crippen LogP contribution is -2.44. The van der Waals surface area contributed by atoms with Crippen molar-refractivity contribution < 1.29 is 4.39 Å². The highest BCUT2D eigenvalue weighted by Gasteiger charge is 2.29. The van der Waals surface area contributed by atoms with Crippen LogP contribution in [0.4, 0.5) is 4.39 Å². The molecular formula is C25H29FN2S. The Balaban J connectivity index is 1.57. The Kier molecular flexibility index (Phi) is 6.20. The molecule has 1 aromatic carbocycles. The van der Waals surface area contributed by atoms with E-state index in [4.69, 9.17) is 0 Å². The van der Waals surface area contributed by atoms with Gasteiger partial charge in [0.1, 0.15) is 5.82 Å². The molecule has 2 nitrogen and oxygen atoms in total. The van der Waals surface area contributed by atoms with E-state index in [1.807, 2.05) is 11.3 Å². The van der Waals surface area contributed by atoms with E-state index in [0.717, 1.165) is 50.3 Å². The van der Waals surface area contributed by atoms with Gasteiger partial charge in [-0.25, -0.2) is 4.39 Å². The molecule has 1 aliphatic carbocycles. The van der Waals surface area contributed by atoms with Gasteiger partial charge < -0.3 is 5.32 Å². The number of halogens is 1. The number of allylic oxidation sites excluding steroid dienone is 1. The standard InChI is InChI=1S/C25H29FN2S/c1-25(2)10-9-21(17-28-13-11-27-12-14-28)23(16-25)24-15-20(18-29-24)4-3-19-5-7-22(26)8-6-19/h5-8,15,18,27H,9-14,16-17H2,1-2H3. The second-order valence-electron chi connectivity index (χ2n) is 8.91. The van der Waals surface area contributed by atoms with Crippen LogP contribution in [0.2, 0.25) is 0 Å². The molecule has 2 aliphatic rings. The van der Waals surface area contributed by atoms with Crippen molar-refractivity contribution in [3.63, 3.8) is 0 Å². The third-order valence-corrected chi connectivity index (χ3v) is 6.89. The first-order chi connectivity index (χ1) is 14.0. The van der Waals surface area contributed by atoms with Gasteiger partial charge in [0.15, 0.2) is 0 Å². The Bertz CT molecular complexity index is 937. The number of hydrogen-bond acceptors (Lipinski definition) is 3. The monoisotopic (exact) mass is 408 g/mol. The number of nitrogens with one attached hydrogen (secondary N) is 1. The van der Waals surface area contributed by atoms with Crippen molar-refractivity contribution in [1.29, 1.82) is 0 Å². The van der Waals surface area contributed by atoms with Crippen molar-refractivity contribution in [1.82, 2.24) is 10.2 Å². The smallest absolute Gasteiger partial charge is 0.123 e. The molecule has 1 saturated heterocycles. The molecule has 2 heterocycles. The predicted molar refractivity (Wildman–Crippen MR) is 121 cm³/mol. The van der Waals surface area contributed by atoms with Gasteiger partial charge in [-0.15, -0.1) is 11.3 Å². The van der Waals surface area contributed by atoms with Crippen LogP contribution >= 0.6 is 11.3 Å². The van der Waals surface area contributed by atoms with E-state index in [2.05, 4.69) is 47.4 Å². The summed E-state index contributed by atoms with van der Waals surface area (Å²) in [5.41, 5.74) is 5.40. The average Bonchev–Trinajstić information content (AvgIpc) is 3.18. The number of piperazine rings is 1. The van der Waals surface area contributed by atoms with E-state index in [1.165, 1.54) is 29.9 Å². The van der Waals surface area contributed by atoms with Gasteiger partial charge in [-0.1, -0.05) is 31.3 Å². The molecule has 152 valence electrons. The quantitative estimate of drug-likeness (QED) is 0.706. The summed E-state index contributed by atoms with van der Waals surface area (Å²) in [7, 11) is 0. The summed E-state index contributed by atoms with van der Waals surface area (Å²) in [5.74, 6) is 6.19. The summed E-state index contributed by atoms with van der Waals surface area (Å²) in [6.45, 7) is 10.3. The first-order valence-electron chi connectivity index (χ1n) is 10.5. The first kappa shape index (κ1) is 20.3. The Morgan fingerprint density at radius 3 is 2.59 bits per heavy atom. The highest BCUT2D eigenvalue weighted by Crippen LogP contribution is 2.44. The number of nitrogens with zero attached hydrogens (tertiary/aromatic N) is 1. The fraction of sp³-hybridized carbons (Fsp3) is 0.440. The first-order valence-corrected chi connectivity index (χ1v) is 11.4. The van der Waals surface area contributed by atoms with Gasteiger partial charge in [0.05, 0.1) is 0 Å². The van der Waals surface area contributed by atoms with Crippen LogP contribution in [-0.2, 0) is 0 Å². The third kappa shape index (κ3) is 5.36. The molecule has 1 aromatic heterocycles. The highest BCUT2D eigenvalue weighted by atomic mass is 32.1. The van der Waals surface area contributed by atoms with Crippen LogP contribution < -0.4 is 5.32 Å². The molecule has 0 saturated carbocycles. The summed E-state index contributed by atoms with van der Waals surface area (Å²) < 4.78 is 13.1. The topological polar surface area (TPSA) is 15.3 Å². The van der Waals surface area contributed by atoms with Crippen LogP contribution in [0.3, 0.4) is 0 Å². The van der Waals surface area contributed by atoms with Gasteiger partial charge in [0.25, 0.3) is 0 Å². The molecule has 0 unspecified atom stereocenters. The maximum atomic E-state index is 13.1. The molecule has 0 atom stereocenters. The van der Waals surface area contributed by atoms with Gasteiger partial charge in [0, 0.05) is 54.1 Å². The fourth-order valence-electron chi connectivity index (χ4n) is 4.14. The van der Waals surface area contributed by atoms with Crippen molar-refractivity contribution in [2.75, 3.05) is 32.7 Å². The normalized spacial score (nSPS) is 19.7. The minimum absolute atomic E-state index is 0.225. The molecule has 4 rings (SSSR count). The summed E-state index contributed by atoms with van der Waals surface area (Å²) in [4.78, 5) is 3.96. The third-order valence-electron chi connectivity index (χ3n) is 5.90. The fourth-order valence-corrected chi connectivity index (χ4v) is 5.08. The minimum atomic E-state index is -0.225. The number of hydrogen-bond donors (Lipinski definition) is 1.